The number of fused-ring (bicyclic) bond motifs is 2. The highest BCUT2D eigenvalue weighted by atomic mass is 32.1. The predicted octanol–water partition coefficient (Wildman–Crippen LogP) is 2.88. The number of para-hydroxylation sites is 1. The highest BCUT2D eigenvalue weighted by molar-refractivity contribution is 7.18. The van der Waals surface area contributed by atoms with E-state index in [1.807, 2.05) is 24.3 Å². The molecule has 28 heavy (non-hydrogen) atoms. The molecule has 1 aliphatic rings. The molecule has 7 nitrogen and oxygen atoms in total. The summed E-state index contributed by atoms with van der Waals surface area (Å²) in [5, 5.41) is 0.829. The molecule has 0 bridgehead atoms. The van der Waals surface area contributed by atoms with E-state index in [0.717, 1.165) is 15.2 Å². The monoisotopic (exact) mass is 398 g/mol. The van der Waals surface area contributed by atoms with Gasteiger partial charge in [0.15, 0.2) is 18.1 Å². The summed E-state index contributed by atoms with van der Waals surface area (Å²) >= 11 is 1.54. The molecule has 4 rings (SSSR count). The van der Waals surface area contributed by atoms with E-state index in [2.05, 4.69) is 4.98 Å². The van der Waals surface area contributed by atoms with Crippen LogP contribution in [0.3, 0.4) is 0 Å². The molecule has 8 heteroatoms. The van der Waals surface area contributed by atoms with Crippen molar-refractivity contribution in [3.8, 4) is 11.5 Å². The average molecular weight is 398 g/mol. The lowest BCUT2D eigenvalue weighted by molar-refractivity contribution is -0.133. The minimum atomic E-state index is -0.585. The van der Waals surface area contributed by atoms with Crippen molar-refractivity contribution in [1.82, 2.24) is 9.88 Å². The molecule has 0 saturated carbocycles. The number of rotatable bonds is 5. The molecule has 1 amide bonds. The second-order valence-corrected chi connectivity index (χ2v) is 7.37. The standard InChI is InChI=1S/C20H18N2O5S/c1-22(11-18-21-14-4-2-3-5-17(14)28-18)19(23)12-27-20(24)13-6-7-15-16(10-13)26-9-8-25-15/h2-7,10H,8-9,11-12H2,1H3. The van der Waals surface area contributed by atoms with Gasteiger partial charge in [0.1, 0.15) is 18.2 Å². The van der Waals surface area contributed by atoms with E-state index in [0.29, 0.717) is 36.8 Å². The van der Waals surface area contributed by atoms with Gasteiger partial charge in [-0.3, -0.25) is 4.79 Å². The average Bonchev–Trinajstić information content (AvgIpc) is 3.13. The summed E-state index contributed by atoms with van der Waals surface area (Å²) in [4.78, 5) is 30.6. The lowest BCUT2D eigenvalue weighted by Crippen LogP contribution is -2.30. The number of hydrogen-bond donors (Lipinski definition) is 0. The summed E-state index contributed by atoms with van der Waals surface area (Å²) in [6, 6.07) is 12.6. The molecular weight excluding hydrogens is 380 g/mol. The van der Waals surface area contributed by atoms with Gasteiger partial charge in [-0.1, -0.05) is 12.1 Å². The molecule has 1 aromatic heterocycles. The predicted molar refractivity (Wildman–Crippen MR) is 104 cm³/mol. The number of aromatic nitrogens is 1. The molecule has 144 valence electrons. The number of amides is 1. The zero-order chi connectivity index (χ0) is 19.5. The number of thiazole rings is 1. The number of hydrogen-bond acceptors (Lipinski definition) is 7. The summed E-state index contributed by atoms with van der Waals surface area (Å²) in [6.07, 6.45) is 0. The maximum atomic E-state index is 12.3. The van der Waals surface area contributed by atoms with Gasteiger partial charge in [0, 0.05) is 7.05 Å². The maximum Gasteiger partial charge on any atom is 0.338 e. The van der Waals surface area contributed by atoms with Crippen LogP contribution < -0.4 is 9.47 Å². The minimum Gasteiger partial charge on any atom is -0.486 e. The highest BCUT2D eigenvalue weighted by Gasteiger charge is 2.18. The van der Waals surface area contributed by atoms with Crippen LogP contribution >= 0.6 is 11.3 Å². The van der Waals surface area contributed by atoms with Crippen LogP contribution in [0.25, 0.3) is 10.2 Å². The Hall–Kier alpha value is -3.13. The van der Waals surface area contributed by atoms with E-state index in [9.17, 15) is 9.59 Å². The molecule has 0 unspecified atom stereocenters. The van der Waals surface area contributed by atoms with Gasteiger partial charge in [-0.05, 0) is 30.3 Å². The number of carbonyl (C=O) groups excluding carboxylic acids is 2. The molecule has 0 N–H and O–H groups in total. The fraction of sp³-hybridized carbons (Fsp3) is 0.250. The van der Waals surface area contributed by atoms with Crippen molar-refractivity contribution in [2.24, 2.45) is 0 Å². The van der Waals surface area contributed by atoms with Crippen molar-refractivity contribution in [2.45, 2.75) is 6.54 Å². The Balaban J connectivity index is 1.33. The van der Waals surface area contributed by atoms with E-state index in [1.165, 1.54) is 16.2 Å². The van der Waals surface area contributed by atoms with Crippen molar-refractivity contribution >= 4 is 33.4 Å². The molecule has 0 aliphatic carbocycles. The second kappa shape index (κ2) is 7.85. The molecule has 0 fully saturated rings. The first-order valence-electron chi connectivity index (χ1n) is 8.75. The normalized spacial score (nSPS) is 12.6. The Labute approximate surface area is 165 Å². The third kappa shape index (κ3) is 3.91. The molecule has 0 saturated heterocycles. The van der Waals surface area contributed by atoms with Gasteiger partial charge in [-0.2, -0.15) is 0 Å². The molecule has 1 aliphatic heterocycles. The maximum absolute atomic E-state index is 12.3. The smallest absolute Gasteiger partial charge is 0.338 e. The Bertz CT molecular complexity index is 999. The Kier molecular flexibility index (Phi) is 5.12. The van der Waals surface area contributed by atoms with Crippen LogP contribution in [-0.2, 0) is 16.1 Å². The van der Waals surface area contributed by atoms with Crippen LogP contribution in [0.4, 0.5) is 0 Å². The Morgan fingerprint density at radius 1 is 1.14 bits per heavy atom. The van der Waals surface area contributed by atoms with Gasteiger partial charge in [0.2, 0.25) is 0 Å². The van der Waals surface area contributed by atoms with Crippen LogP contribution in [0, 0.1) is 0 Å². The molecular formula is C20H18N2O5S. The van der Waals surface area contributed by atoms with Gasteiger partial charge in [-0.15, -0.1) is 11.3 Å². The molecule has 0 spiro atoms. The van der Waals surface area contributed by atoms with Crippen molar-refractivity contribution in [1.29, 1.82) is 0 Å². The van der Waals surface area contributed by atoms with E-state index in [4.69, 9.17) is 14.2 Å². The van der Waals surface area contributed by atoms with Crippen molar-refractivity contribution in [3.05, 3.63) is 53.0 Å². The van der Waals surface area contributed by atoms with E-state index in [-0.39, 0.29) is 12.5 Å². The third-order valence-electron chi connectivity index (χ3n) is 4.24. The first-order valence-corrected chi connectivity index (χ1v) is 9.57. The number of ether oxygens (including phenoxy) is 3. The SMILES string of the molecule is CN(Cc1nc2ccccc2s1)C(=O)COC(=O)c1ccc2c(c1)OCCO2. The zero-order valence-corrected chi connectivity index (χ0v) is 16.0. The fourth-order valence-electron chi connectivity index (χ4n) is 2.77. The summed E-state index contributed by atoms with van der Waals surface area (Å²) in [5.41, 5.74) is 1.22. The fourth-order valence-corrected chi connectivity index (χ4v) is 3.79. The van der Waals surface area contributed by atoms with Gasteiger partial charge in [-0.25, -0.2) is 9.78 Å². The van der Waals surface area contributed by atoms with Gasteiger partial charge < -0.3 is 19.1 Å². The Morgan fingerprint density at radius 2 is 1.93 bits per heavy atom. The van der Waals surface area contributed by atoms with Gasteiger partial charge >= 0.3 is 5.97 Å². The number of nitrogens with zero attached hydrogens (tertiary/aromatic N) is 2. The minimum absolute atomic E-state index is 0.301. The number of esters is 1. The first kappa shape index (κ1) is 18.2. The summed E-state index contributed by atoms with van der Waals surface area (Å²) < 4.78 is 17.1. The summed E-state index contributed by atoms with van der Waals surface area (Å²) in [7, 11) is 1.66. The van der Waals surface area contributed by atoms with E-state index < -0.39 is 5.97 Å². The van der Waals surface area contributed by atoms with Crippen molar-refractivity contribution in [2.75, 3.05) is 26.9 Å². The molecule has 0 atom stereocenters. The second-order valence-electron chi connectivity index (χ2n) is 6.26. The first-order chi connectivity index (χ1) is 13.6. The summed E-state index contributed by atoms with van der Waals surface area (Å²) in [5.74, 6) is 0.207. The topological polar surface area (TPSA) is 78.0 Å². The highest BCUT2D eigenvalue weighted by Crippen LogP contribution is 2.31. The number of carbonyl (C=O) groups is 2. The Morgan fingerprint density at radius 3 is 2.75 bits per heavy atom. The molecule has 3 aromatic rings. The van der Waals surface area contributed by atoms with Crippen LogP contribution in [0.2, 0.25) is 0 Å². The molecule has 2 aromatic carbocycles. The van der Waals surface area contributed by atoms with E-state index in [1.54, 1.807) is 25.2 Å². The molecule has 0 radical (unpaired) electrons. The van der Waals surface area contributed by atoms with Crippen LogP contribution in [0.5, 0.6) is 11.5 Å². The van der Waals surface area contributed by atoms with E-state index >= 15 is 0 Å². The third-order valence-corrected chi connectivity index (χ3v) is 5.26. The van der Waals surface area contributed by atoms with Crippen LogP contribution in [0.15, 0.2) is 42.5 Å². The molecule has 2 heterocycles. The largest absolute Gasteiger partial charge is 0.486 e. The van der Waals surface area contributed by atoms with Crippen LogP contribution in [-0.4, -0.2) is 48.6 Å². The van der Waals surface area contributed by atoms with Crippen LogP contribution in [0.1, 0.15) is 15.4 Å². The van der Waals surface area contributed by atoms with Crippen molar-refractivity contribution in [3.63, 3.8) is 0 Å². The summed E-state index contributed by atoms with van der Waals surface area (Å²) in [6.45, 7) is 0.932. The number of likely N-dealkylation sites (N-methyl/N-ethyl adjacent to an activating group) is 1. The van der Waals surface area contributed by atoms with Crippen molar-refractivity contribution < 1.29 is 23.8 Å². The lowest BCUT2D eigenvalue weighted by atomic mass is 10.2. The number of benzene rings is 2. The van der Waals surface area contributed by atoms with Gasteiger partial charge in [0.25, 0.3) is 5.91 Å². The van der Waals surface area contributed by atoms with Gasteiger partial charge in [0.05, 0.1) is 22.3 Å². The zero-order valence-electron chi connectivity index (χ0n) is 15.2. The lowest BCUT2D eigenvalue weighted by Gasteiger charge is -2.19. The quantitative estimate of drug-likeness (QED) is 0.615.